The Labute approximate surface area is 166 Å². The molecule has 5 heteroatoms. The topological polar surface area (TPSA) is 55.4 Å². The van der Waals surface area contributed by atoms with Crippen molar-refractivity contribution < 1.29 is 9.53 Å². The van der Waals surface area contributed by atoms with E-state index in [9.17, 15) is 9.59 Å². The van der Waals surface area contributed by atoms with Crippen molar-refractivity contribution in [1.82, 2.24) is 0 Å². The van der Waals surface area contributed by atoms with E-state index in [4.69, 9.17) is 4.74 Å². The molecule has 4 aromatic rings. The van der Waals surface area contributed by atoms with Crippen LogP contribution in [0, 0.1) is 0 Å². The van der Waals surface area contributed by atoms with Crippen LogP contribution >= 0.6 is 11.3 Å². The van der Waals surface area contributed by atoms with E-state index < -0.39 is 0 Å². The van der Waals surface area contributed by atoms with Crippen LogP contribution < -0.4 is 15.5 Å². The van der Waals surface area contributed by atoms with E-state index >= 15 is 0 Å². The molecule has 0 aliphatic carbocycles. The van der Waals surface area contributed by atoms with Crippen molar-refractivity contribution >= 4 is 32.3 Å². The van der Waals surface area contributed by atoms with Gasteiger partial charge in [-0.3, -0.25) is 9.59 Å². The predicted octanol–water partition coefficient (Wildman–Crippen LogP) is 5.19. The van der Waals surface area contributed by atoms with E-state index in [0.717, 1.165) is 10.3 Å². The molecule has 1 amide bonds. The molecular weight excluding hydrogens is 370 g/mol. The van der Waals surface area contributed by atoms with Crippen molar-refractivity contribution in [3.63, 3.8) is 0 Å². The number of carbonyl (C=O) groups excluding carboxylic acids is 1. The first-order chi connectivity index (χ1) is 13.7. The van der Waals surface area contributed by atoms with Crippen molar-refractivity contribution in [2.45, 2.75) is 0 Å². The van der Waals surface area contributed by atoms with E-state index in [1.807, 2.05) is 54.6 Å². The molecule has 138 valence electrons. The molecule has 0 radical (unpaired) electrons. The molecule has 1 N–H and O–H groups in total. The van der Waals surface area contributed by atoms with Gasteiger partial charge in [-0.2, -0.15) is 0 Å². The summed E-state index contributed by atoms with van der Waals surface area (Å²) in [6.07, 6.45) is 0. The van der Waals surface area contributed by atoms with Gasteiger partial charge in [0.1, 0.15) is 10.8 Å². The van der Waals surface area contributed by atoms with Gasteiger partial charge in [-0.25, -0.2) is 0 Å². The largest absolute Gasteiger partial charge is 0.496 e. The normalized spacial score (nSPS) is 10.6. The van der Waals surface area contributed by atoms with Gasteiger partial charge < -0.3 is 10.1 Å². The first-order valence-corrected chi connectivity index (χ1v) is 9.56. The van der Waals surface area contributed by atoms with E-state index in [1.54, 1.807) is 24.3 Å². The lowest BCUT2D eigenvalue weighted by molar-refractivity contribution is 0.102. The minimum absolute atomic E-state index is 0.101. The second-order valence-corrected chi connectivity index (χ2v) is 7.20. The summed E-state index contributed by atoms with van der Waals surface area (Å²) in [6.45, 7) is 0. The molecule has 0 saturated heterocycles. The van der Waals surface area contributed by atoms with Gasteiger partial charge in [0, 0.05) is 10.1 Å². The minimum atomic E-state index is -0.319. The Morgan fingerprint density at radius 1 is 0.893 bits per heavy atom. The van der Waals surface area contributed by atoms with E-state index in [0.29, 0.717) is 27.3 Å². The van der Waals surface area contributed by atoms with Gasteiger partial charge in [0.2, 0.25) is 0 Å². The van der Waals surface area contributed by atoms with Crippen molar-refractivity contribution in [1.29, 1.82) is 0 Å². The smallest absolute Gasteiger partial charge is 0.260 e. The highest BCUT2D eigenvalue weighted by Gasteiger charge is 2.18. The molecule has 0 aliphatic heterocycles. The van der Waals surface area contributed by atoms with Crippen molar-refractivity contribution in [3.8, 4) is 16.9 Å². The van der Waals surface area contributed by atoms with Crippen LogP contribution in [-0.2, 0) is 0 Å². The number of carbonyl (C=O) groups is 1. The van der Waals surface area contributed by atoms with Gasteiger partial charge in [0.15, 0.2) is 5.43 Å². The van der Waals surface area contributed by atoms with Gasteiger partial charge >= 0.3 is 0 Å². The number of methoxy groups -OCH3 is 1. The summed E-state index contributed by atoms with van der Waals surface area (Å²) < 4.78 is 6.12. The summed E-state index contributed by atoms with van der Waals surface area (Å²) in [5, 5.41) is 4.09. The summed E-state index contributed by atoms with van der Waals surface area (Å²) >= 11 is 1.39. The third-order valence-electron chi connectivity index (χ3n) is 4.44. The molecule has 4 nitrogen and oxygen atoms in total. The zero-order valence-electron chi connectivity index (χ0n) is 15.1. The fraction of sp³-hybridized carbons (Fsp3) is 0.0435. The number of hydrogen-bond donors (Lipinski definition) is 1. The SMILES string of the molecule is COc1ccccc1C(=O)Nc1sc2ccccc2c(=O)c1-c1ccccc1. The molecule has 3 aromatic carbocycles. The summed E-state index contributed by atoms with van der Waals surface area (Å²) in [7, 11) is 1.52. The van der Waals surface area contributed by atoms with Crippen LogP contribution in [0.5, 0.6) is 5.75 Å². The lowest BCUT2D eigenvalue weighted by Gasteiger charge is -2.13. The number of fused-ring (bicyclic) bond motifs is 1. The Bertz CT molecular complexity index is 1220. The lowest BCUT2D eigenvalue weighted by Crippen LogP contribution is -2.16. The molecule has 0 saturated carbocycles. The second-order valence-electron chi connectivity index (χ2n) is 6.15. The van der Waals surface area contributed by atoms with E-state index in [2.05, 4.69) is 5.32 Å². The van der Waals surface area contributed by atoms with Crippen LogP contribution in [0.2, 0.25) is 0 Å². The van der Waals surface area contributed by atoms with Gasteiger partial charge in [0.05, 0.1) is 18.2 Å². The van der Waals surface area contributed by atoms with E-state index in [-0.39, 0.29) is 11.3 Å². The van der Waals surface area contributed by atoms with Crippen molar-refractivity contribution in [3.05, 3.63) is 94.6 Å². The number of nitrogens with one attached hydrogen (secondary N) is 1. The van der Waals surface area contributed by atoms with Gasteiger partial charge in [-0.1, -0.05) is 54.6 Å². The van der Waals surface area contributed by atoms with Crippen molar-refractivity contribution in [2.24, 2.45) is 0 Å². The van der Waals surface area contributed by atoms with Gasteiger partial charge in [-0.05, 0) is 29.8 Å². The molecule has 0 unspecified atom stereocenters. The Hall–Kier alpha value is -3.44. The van der Waals surface area contributed by atoms with Crippen LogP contribution in [0.25, 0.3) is 21.2 Å². The molecule has 0 bridgehead atoms. The number of anilines is 1. The zero-order valence-corrected chi connectivity index (χ0v) is 16.0. The summed E-state index contributed by atoms with van der Waals surface area (Å²) in [6, 6.07) is 23.8. The second kappa shape index (κ2) is 7.66. The Morgan fingerprint density at radius 2 is 1.57 bits per heavy atom. The summed E-state index contributed by atoms with van der Waals surface area (Å²) in [4.78, 5) is 26.2. The molecule has 0 aliphatic rings. The van der Waals surface area contributed by atoms with Crippen LogP contribution in [0.3, 0.4) is 0 Å². The predicted molar refractivity (Wildman–Crippen MR) is 114 cm³/mol. The fourth-order valence-electron chi connectivity index (χ4n) is 3.10. The standard InChI is InChI=1S/C23H17NO3S/c1-27-18-13-7-5-11-16(18)22(26)24-23-20(15-9-3-2-4-10-15)21(25)17-12-6-8-14-19(17)28-23/h2-14H,1H3,(H,24,26). The van der Waals surface area contributed by atoms with Crippen LogP contribution in [0.4, 0.5) is 5.00 Å². The molecule has 0 spiro atoms. The maximum atomic E-state index is 13.2. The first kappa shape index (κ1) is 17.9. The van der Waals surface area contributed by atoms with Gasteiger partial charge in [-0.15, -0.1) is 11.3 Å². The highest BCUT2D eigenvalue weighted by Crippen LogP contribution is 2.34. The monoisotopic (exact) mass is 387 g/mol. The average Bonchev–Trinajstić information content (AvgIpc) is 2.74. The van der Waals surface area contributed by atoms with Crippen molar-refractivity contribution in [2.75, 3.05) is 12.4 Å². The highest BCUT2D eigenvalue weighted by atomic mass is 32.1. The zero-order chi connectivity index (χ0) is 19.5. The average molecular weight is 387 g/mol. The van der Waals surface area contributed by atoms with Crippen LogP contribution in [-0.4, -0.2) is 13.0 Å². The molecule has 28 heavy (non-hydrogen) atoms. The molecular formula is C23H17NO3S. The molecule has 1 aromatic heterocycles. The molecule has 0 atom stereocenters. The minimum Gasteiger partial charge on any atom is -0.496 e. The number of hydrogen-bond acceptors (Lipinski definition) is 4. The number of benzene rings is 3. The third-order valence-corrected chi connectivity index (χ3v) is 5.53. The van der Waals surface area contributed by atoms with Gasteiger partial charge in [0.25, 0.3) is 5.91 Å². The fourth-order valence-corrected chi connectivity index (χ4v) is 4.19. The van der Waals surface area contributed by atoms with Crippen LogP contribution in [0.15, 0.2) is 83.7 Å². The van der Waals surface area contributed by atoms with Crippen LogP contribution in [0.1, 0.15) is 10.4 Å². The quantitative estimate of drug-likeness (QED) is 0.524. The Kier molecular flexibility index (Phi) is 4.91. The number of rotatable bonds is 4. The molecule has 4 rings (SSSR count). The molecule has 0 fully saturated rings. The Morgan fingerprint density at radius 3 is 2.36 bits per heavy atom. The summed E-state index contributed by atoms with van der Waals surface area (Å²) in [5.41, 5.74) is 1.57. The highest BCUT2D eigenvalue weighted by molar-refractivity contribution is 7.22. The Balaban J connectivity index is 1.88. The maximum Gasteiger partial charge on any atom is 0.260 e. The van der Waals surface area contributed by atoms with E-state index in [1.165, 1.54) is 18.4 Å². The lowest BCUT2D eigenvalue weighted by atomic mass is 10.1. The number of ether oxygens (including phenoxy) is 1. The molecule has 1 heterocycles. The maximum absolute atomic E-state index is 13.2. The number of para-hydroxylation sites is 1. The summed E-state index contributed by atoms with van der Waals surface area (Å²) in [5.74, 6) is 0.162. The first-order valence-electron chi connectivity index (χ1n) is 8.74. The third kappa shape index (κ3) is 3.28. The number of amides is 1.